The number of hydrogen-bond donors (Lipinski definition) is 0. The number of fused-ring (bicyclic) bond motifs is 1. The molecule has 0 N–H and O–H groups in total. The Labute approximate surface area is 92.1 Å². The second kappa shape index (κ2) is 4.45. The molecule has 2 aromatic heterocycles. The van der Waals surface area contributed by atoms with Crippen LogP contribution in [-0.4, -0.2) is 27.2 Å². The summed E-state index contributed by atoms with van der Waals surface area (Å²) in [6.07, 6.45) is 3.36. The lowest BCUT2D eigenvalue weighted by atomic mass is 10.4. The highest BCUT2D eigenvalue weighted by molar-refractivity contribution is 5.88. The molecule has 0 aliphatic heterocycles. The Bertz CT molecular complexity index is 577. The molecule has 5 heteroatoms. The van der Waals surface area contributed by atoms with E-state index in [-0.39, 0.29) is 0 Å². The van der Waals surface area contributed by atoms with Gasteiger partial charge in [0.2, 0.25) is 0 Å². The second-order valence-corrected chi connectivity index (χ2v) is 2.92. The summed E-state index contributed by atoms with van der Waals surface area (Å²) >= 11 is 0. The molecule has 0 aliphatic carbocycles. The van der Waals surface area contributed by atoms with Crippen LogP contribution in [0.5, 0.6) is 0 Å². The van der Waals surface area contributed by atoms with Crippen molar-refractivity contribution in [2.45, 2.75) is 6.92 Å². The van der Waals surface area contributed by atoms with E-state index in [2.05, 4.69) is 26.7 Å². The predicted octanol–water partition coefficient (Wildman–Crippen LogP) is 0.644. The minimum absolute atomic E-state index is 0.321. The number of carbonyl (C=O) groups excluding carboxylic acids is 1. The monoisotopic (exact) mass is 215 g/mol. The van der Waals surface area contributed by atoms with Gasteiger partial charge in [-0.25, -0.2) is 14.3 Å². The maximum Gasteiger partial charge on any atom is 0.384 e. The minimum Gasteiger partial charge on any atom is -0.456 e. The van der Waals surface area contributed by atoms with Crippen molar-refractivity contribution in [2.24, 2.45) is 0 Å². The van der Waals surface area contributed by atoms with Gasteiger partial charge in [-0.1, -0.05) is 0 Å². The molecule has 0 saturated carbocycles. The molecule has 80 valence electrons. The lowest BCUT2D eigenvalue weighted by molar-refractivity contribution is -0.136. The standard InChI is InChI=1S/C11H9N3O2/c1-2-16-11(15)6-4-9-3-5-10-12-7-8-14(10)13-9/h3,5,7-8H,2H2,1H3. The van der Waals surface area contributed by atoms with Gasteiger partial charge in [0.1, 0.15) is 5.69 Å². The van der Waals surface area contributed by atoms with Crippen molar-refractivity contribution in [1.29, 1.82) is 0 Å². The molecule has 0 fully saturated rings. The first-order valence-electron chi connectivity index (χ1n) is 4.79. The molecule has 2 aromatic rings. The Hall–Kier alpha value is -2.35. The molecule has 0 saturated heterocycles. The Kier molecular flexibility index (Phi) is 2.83. The van der Waals surface area contributed by atoms with E-state index in [1.165, 1.54) is 0 Å². The average Bonchev–Trinajstić information content (AvgIpc) is 2.74. The van der Waals surface area contributed by atoms with Gasteiger partial charge in [0.05, 0.1) is 6.61 Å². The van der Waals surface area contributed by atoms with E-state index >= 15 is 0 Å². The van der Waals surface area contributed by atoms with Crippen LogP contribution in [0.25, 0.3) is 5.65 Å². The van der Waals surface area contributed by atoms with E-state index in [0.29, 0.717) is 12.3 Å². The van der Waals surface area contributed by atoms with Crippen LogP contribution in [0.4, 0.5) is 0 Å². The van der Waals surface area contributed by atoms with Crippen molar-refractivity contribution in [3.8, 4) is 11.8 Å². The molecule has 0 spiro atoms. The number of ether oxygens (including phenoxy) is 1. The summed E-state index contributed by atoms with van der Waals surface area (Å²) in [7, 11) is 0. The number of nitrogens with zero attached hydrogens (tertiary/aromatic N) is 3. The van der Waals surface area contributed by atoms with Crippen molar-refractivity contribution in [3.05, 3.63) is 30.2 Å². The van der Waals surface area contributed by atoms with Gasteiger partial charge >= 0.3 is 5.97 Å². The number of hydrogen-bond acceptors (Lipinski definition) is 4. The SMILES string of the molecule is CCOC(=O)C#Cc1ccc2nccn2n1. The van der Waals surface area contributed by atoms with Gasteiger partial charge in [0, 0.05) is 18.3 Å². The third-order valence-electron chi connectivity index (χ3n) is 1.82. The van der Waals surface area contributed by atoms with Crippen LogP contribution in [0, 0.1) is 11.8 Å². The highest BCUT2D eigenvalue weighted by atomic mass is 16.5. The van der Waals surface area contributed by atoms with E-state index in [1.807, 2.05) is 0 Å². The van der Waals surface area contributed by atoms with E-state index in [4.69, 9.17) is 0 Å². The fraction of sp³-hybridized carbons (Fsp3) is 0.182. The van der Waals surface area contributed by atoms with Gasteiger partial charge in [-0.3, -0.25) is 0 Å². The van der Waals surface area contributed by atoms with Crippen molar-refractivity contribution in [3.63, 3.8) is 0 Å². The first-order valence-corrected chi connectivity index (χ1v) is 4.79. The Morgan fingerprint density at radius 1 is 1.56 bits per heavy atom. The number of aromatic nitrogens is 3. The zero-order valence-electron chi connectivity index (χ0n) is 8.67. The summed E-state index contributed by atoms with van der Waals surface area (Å²) in [6.45, 7) is 2.05. The van der Waals surface area contributed by atoms with Crippen LogP contribution >= 0.6 is 0 Å². The summed E-state index contributed by atoms with van der Waals surface area (Å²) in [5.41, 5.74) is 1.24. The van der Waals surface area contributed by atoms with Crippen LogP contribution in [-0.2, 0) is 9.53 Å². The zero-order chi connectivity index (χ0) is 11.4. The predicted molar refractivity (Wildman–Crippen MR) is 56.5 cm³/mol. The summed E-state index contributed by atoms with van der Waals surface area (Å²) in [5.74, 6) is 4.43. The van der Waals surface area contributed by atoms with Gasteiger partial charge in [-0.05, 0) is 25.0 Å². The van der Waals surface area contributed by atoms with E-state index in [9.17, 15) is 4.79 Å². The summed E-state index contributed by atoms with van der Waals surface area (Å²) in [5, 5.41) is 4.14. The summed E-state index contributed by atoms with van der Waals surface area (Å²) in [4.78, 5) is 15.0. The minimum atomic E-state index is -0.546. The molecule has 2 rings (SSSR count). The Balaban J connectivity index is 2.23. The molecule has 0 aliphatic rings. The number of esters is 1. The van der Waals surface area contributed by atoms with Crippen molar-refractivity contribution in [2.75, 3.05) is 6.61 Å². The van der Waals surface area contributed by atoms with Crippen LogP contribution in [0.3, 0.4) is 0 Å². The van der Waals surface area contributed by atoms with E-state index < -0.39 is 5.97 Å². The van der Waals surface area contributed by atoms with Crippen molar-refractivity contribution < 1.29 is 9.53 Å². The third-order valence-corrected chi connectivity index (χ3v) is 1.82. The molecule has 5 nitrogen and oxygen atoms in total. The average molecular weight is 215 g/mol. The van der Waals surface area contributed by atoms with Crippen molar-refractivity contribution in [1.82, 2.24) is 14.6 Å². The maximum atomic E-state index is 11.0. The smallest absolute Gasteiger partial charge is 0.384 e. The van der Waals surface area contributed by atoms with Gasteiger partial charge in [-0.15, -0.1) is 0 Å². The summed E-state index contributed by atoms with van der Waals surface area (Å²) in [6, 6.07) is 3.48. The topological polar surface area (TPSA) is 56.5 Å². The number of carbonyl (C=O) groups is 1. The molecule has 2 heterocycles. The first-order chi connectivity index (χ1) is 7.79. The van der Waals surface area contributed by atoms with Crippen LogP contribution < -0.4 is 0 Å². The molecular formula is C11H9N3O2. The second-order valence-electron chi connectivity index (χ2n) is 2.92. The molecule has 0 radical (unpaired) electrons. The van der Waals surface area contributed by atoms with E-state index in [0.717, 1.165) is 5.65 Å². The van der Waals surface area contributed by atoms with Crippen molar-refractivity contribution >= 4 is 11.6 Å². The largest absolute Gasteiger partial charge is 0.456 e. The molecule has 0 atom stereocenters. The first kappa shape index (κ1) is 10.2. The molecule has 0 amide bonds. The molecule has 0 aromatic carbocycles. The fourth-order valence-electron chi connectivity index (χ4n) is 1.16. The van der Waals surface area contributed by atoms with Gasteiger partial charge < -0.3 is 4.74 Å². The number of imidazole rings is 1. The van der Waals surface area contributed by atoms with Gasteiger partial charge in [-0.2, -0.15) is 5.10 Å². The molecule has 16 heavy (non-hydrogen) atoms. The molecule has 0 unspecified atom stereocenters. The van der Waals surface area contributed by atoms with Gasteiger partial charge in [0.25, 0.3) is 0 Å². The van der Waals surface area contributed by atoms with Crippen LogP contribution in [0.2, 0.25) is 0 Å². The lowest BCUT2D eigenvalue weighted by Crippen LogP contribution is -2.00. The van der Waals surface area contributed by atoms with E-state index in [1.54, 1.807) is 36.0 Å². The molecule has 0 bridgehead atoms. The summed E-state index contributed by atoms with van der Waals surface area (Å²) < 4.78 is 6.27. The van der Waals surface area contributed by atoms with Gasteiger partial charge in [0.15, 0.2) is 5.65 Å². The highest BCUT2D eigenvalue weighted by Crippen LogP contribution is 1.98. The molecular weight excluding hydrogens is 206 g/mol. The Morgan fingerprint density at radius 3 is 3.25 bits per heavy atom. The Morgan fingerprint density at radius 2 is 2.44 bits per heavy atom. The normalized spacial score (nSPS) is 9.56. The quantitative estimate of drug-likeness (QED) is 0.517. The lowest BCUT2D eigenvalue weighted by Gasteiger charge is -1.93. The third kappa shape index (κ3) is 2.17. The fourth-order valence-corrected chi connectivity index (χ4v) is 1.16. The zero-order valence-corrected chi connectivity index (χ0v) is 8.67. The highest BCUT2D eigenvalue weighted by Gasteiger charge is 1.96. The van der Waals surface area contributed by atoms with Crippen LogP contribution in [0.1, 0.15) is 12.6 Å². The number of rotatable bonds is 1. The maximum absolute atomic E-state index is 11.0. The van der Waals surface area contributed by atoms with Crippen LogP contribution in [0.15, 0.2) is 24.5 Å².